The van der Waals surface area contributed by atoms with Gasteiger partial charge in [-0.25, -0.2) is 5.43 Å². The maximum atomic E-state index is 10.8. The summed E-state index contributed by atoms with van der Waals surface area (Å²) < 4.78 is 0. The third-order valence-corrected chi connectivity index (χ3v) is 1.83. The Bertz CT molecular complexity index is 437. The second kappa shape index (κ2) is 4.92. The van der Waals surface area contributed by atoms with Crippen molar-refractivity contribution in [2.45, 2.75) is 6.92 Å². The van der Waals surface area contributed by atoms with Crippen LogP contribution in [-0.4, -0.2) is 22.6 Å². The Morgan fingerprint density at radius 3 is 2.38 bits per heavy atom. The van der Waals surface area contributed by atoms with E-state index in [2.05, 4.69) is 5.10 Å². The number of hydrazone groups is 1. The molecule has 1 rings (SSSR count). The van der Waals surface area contributed by atoms with E-state index in [1.165, 1.54) is 12.1 Å². The molecule has 0 saturated heterocycles. The van der Waals surface area contributed by atoms with Crippen LogP contribution in [0.5, 0.6) is 5.75 Å². The lowest BCUT2D eigenvalue weighted by Gasteiger charge is -2.01. The van der Waals surface area contributed by atoms with Crippen molar-refractivity contribution in [3.8, 4) is 5.75 Å². The molecule has 4 N–H and O–H groups in total. The van der Waals surface area contributed by atoms with Gasteiger partial charge in [0.2, 0.25) is 0 Å². The van der Waals surface area contributed by atoms with Crippen molar-refractivity contribution in [2.24, 2.45) is 10.8 Å². The molecule has 6 heteroatoms. The summed E-state index contributed by atoms with van der Waals surface area (Å²) >= 11 is 0. The summed E-state index contributed by atoms with van der Waals surface area (Å²) in [5, 5.41) is 12.7. The topological polar surface area (TPSA) is 105 Å². The highest BCUT2D eigenvalue weighted by Crippen LogP contribution is 2.09. The van der Waals surface area contributed by atoms with Crippen molar-refractivity contribution >= 4 is 17.5 Å². The molecule has 0 aliphatic rings. The zero-order valence-electron chi connectivity index (χ0n) is 8.60. The second-order valence-corrected chi connectivity index (χ2v) is 3.05. The van der Waals surface area contributed by atoms with Gasteiger partial charge in [0.05, 0.1) is 5.71 Å². The summed E-state index contributed by atoms with van der Waals surface area (Å²) in [6, 6.07) is 6.24. The molecule has 0 saturated carbocycles. The molecule has 2 amide bonds. The lowest BCUT2D eigenvalue weighted by atomic mass is 10.1. The molecule has 16 heavy (non-hydrogen) atoms. The molecule has 0 bridgehead atoms. The van der Waals surface area contributed by atoms with Gasteiger partial charge in [-0.15, -0.1) is 0 Å². The average molecular weight is 221 g/mol. The quantitative estimate of drug-likeness (QED) is 0.363. The predicted octanol–water partition coefficient (Wildman–Crippen LogP) is -0.282. The van der Waals surface area contributed by atoms with Crippen LogP contribution >= 0.6 is 0 Å². The average Bonchev–Trinajstić information content (AvgIpc) is 2.26. The number of phenolic OH excluding ortho intramolecular Hbond substituents is 1. The maximum absolute atomic E-state index is 10.8. The van der Waals surface area contributed by atoms with E-state index >= 15 is 0 Å². The first-order valence-corrected chi connectivity index (χ1v) is 4.44. The molecule has 0 unspecified atom stereocenters. The Kier molecular flexibility index (Phi) is 3.60. The number of aromatic hydroxyl groups is 1. The zero-order chi connectivity index (χ0) is 12.1. The van der Waals surface area contributed by atoms with E-state index in [1.807, 2.05) is 5.43 Å². The summed E-state index contributed by atoms with van der Waals surface area (Å²) in [6.45, 7) is 1.65. The van der Waals surface area contributed by atoms with Gasteiger partial charge in [-0.1, -0.05) is 0 Å². The van der Waals surface area contributed by atoms with Crippen LogP contribution in [0, 0.1) is 0 Å². The van der Waals surface area contributed by atoms with Gasteiger partial charge in [-0.2, -0.15) is 5.10 Å². The van der Waals surface area contributed by atoms with Crippen molar-refractivity contribution in [1.29, 1.82) is 0 Å². The molecular formula is C10H11N3O3. The lowest BCUT2D eigenvalue weighted by molar-refractivity contribution is -0.137. The third kappa shape index (κ3) is 3.09. The second-order valence-electron chi connectivity index (χ2n) is 3.05. The fourth-order valence-electron chi connectivity index (χ4n) is 0.957. The molecule has 84 valence electrons. The number of hydrogen-bond donors (Lipinski definition) is 3. The smallest absolute Gasteiger partial charge is 0.329 e. The van der Waals surface area contributed by atoms with E-state index in [4.69, 9.17) is 10.8 Å². The summed E-state index contributed by atoms with van der Waals surface area (Å²) in [4.78, 5) is 21.2. The molecular weight excluding hydrogens is 210 g/mol. The van der Waals surface area contributed by atoms with E-state index < -0.39 is 11.8 Å². The minimum absolute atomic E-state index is 0.137. The summed E-state index contributed by atoms with van der Waals surface area (Å²) in [5.41, 5.74) is 7.94. The molecule has 0 spiro atoms. The van der Waals surface area contributed by atoms with Crippen LogP contribution in [0.1, 0.15) is 12.5 Å². The molecule has 0 fully saturated rings. The Morgan fingerprint density at radius 2 is 1.88 bits per heavy atom. The highest BCUT2D eigenvalue weighted by Gasteiger charge is 2.06. The minimum atomic E-state index is -1.10. The molecule has 1 aromatic carbocycles. The number of hydrogen-bond acceptors (Lipinski definition) is 4. The standard InChI is InChI=1S/C10H11N3O3/c1-6(12-13-10(16)9(11)15)7-2-4-8(14)5-3-7/h2-5,14H,1H3,(H2,11,15)(H,13,16)/b12-6+. The first kappa shape index (κ1) is 11.7. The van der Waals surface area contributed by atoms with Crippen LogP contribution in [0.2, 0.25) is 0 Å². The van der Waals surface area contributed by atoms with E-state index in [0.29, 0.717) is 11.3 Å². The van der Waals surface area contributed by atoms with E-state index in [9.17, 15) is 9.59 Å². The Labute approximate surface area is 91.8 Å². The predicted molar refractivity (Wildman–Crippen MR) is 57.7 cm³/mol. The zero-order valence-corrected chi connectivity index (χ0v) is 8.60. The monoisotopic (exact) mass is 221 g/mol. The summed E-state index contributed by atoms with van der Waals surface area (Å²) in [6.07, 6.45) is 0. The normalized spacial score (nSPS) is 10.9. The number of nitrogens with zero attached hydrogens (tertiary/aromatic N) is 1. The first-order chi connectivity index (χ1) is 7.50. The van der Waals surface area contributed by atoms with Crippen LogP contribution in [0.3, 0.4) is 0 Å². The van der Waals surface area contributed by atoms with Gasteiger partial charge >= 0.3 is 11.8 Å². The number of rotatable bonds is 2. The minimum Gasteiger partial charge on any atom is -0.508 e. The van der Waals surface area contributed by atoms with E-state index in [0.717, 1.165) is 0 Å². The number of phenols is 1. The van der Waals surface area contributed by atoms with Gasteiger partial charge in [0.25, 0.3) is 0 Å². The highest BCUT2D eigenvalue weighted by atomic mass is 16.3. The molecule has 0 aliphatic carbocycles. The first-order valence-electron chi connectivity index (χ1n) is 4.44. The summed E-state index contributed by atoms with van der Waals surface area (Å²) in [5.74, 6) is -1.93. The molecule has 0 heterocycles. The molecule has 0 atom stereocenters. The maximum Gasteiger partial charge on any atom is 0.329 e. The van der Waals surface area contributed by atoms with Gasteiger partial charge in [0, 0.05) is 0 Å². The lowest BCUT2D eigenvalue weighted by Crippen LogP contribution is -2.33. The highest BCUT2D eigenvalue weighted by molar-refractivity contribution is 6.34. The van der Waals surface area contributed by atoms with Gasteiger partial charge in [0.1, 0.15) is 5.75 Å². The van der Waals surface area contributed by atoms with Crippen LogP contribution in [0.15, 0.2) is 29.4 Å². The number of amides is 2. The van der Waals surface area contributed by atoms with Crippen molar-refractivity contribution in [3.05, 3.63) is 29.8 Å². The number of nitrogens with two attached hydrogens (primary N) is 1. The fourth-order valence-corrected chi connectivity index (χ4v) is 0.957. The van der Waals surface area contributed by atoms with E-state index in [-0.39, 0.29) is 5.75 Å². The largest absolute Gasteiger partial charge is 0.508 e. The van der Waals surface area contributed by atoms with Crippen molar-refractivity contribution < 1.29 is 14.7 Å². The van der Waals surface area contributed by atoms with Crippen LogP contribution in [-0.2, 0) is 9.59 Å². The molecule has 0 radical (unpaired) electrons. The van der Waals surface area contributed by atoms with Gasteiger partial charge in [-0.3, -0.25) is 9.59 Å². The van der Waals surface area contributed by atoms with E-state index in [1.54, 1.807) is 19.1 Å². The number of carbonyl (C=O) groups excluding carboxylic acids is 2. The van der Waals surface area contributed by atoms with Gasteiger partial charge in [0.15, 0.2) is 0 Å². The van der Waals surface area contributed by atoms with Crippen LogP contribution in [0.4, 0.5) is 0 Å². The van der Waals surface area contributed by atoms with Crippen molar-refractivity contribution in [2.75, 3.05) is 0 Å². The van der Waals surface area contributed by atoms with Crippen molar-refractivity contribution in [3.63, 3.8) is 0 Å². The Morgan fingerprint density at radius 1 is 1.31 bits per heavy atom. The SMILES string of the molecule is C/C(=N\NC(=O)C(N)=O)c1ccc(O)cc1. The molecule has 6 nitrogen and oxygen atoms in total. The van der Waals surface area contributed by atoms with Gasteiger partial charge in [-0.05, 0) is 36.8 Å². The number of benzene rings is 1. The summed E-state index contributed by atoms with van der Waals surface area (Å²) in [7, 11) is 0. The molecule has 1 aromatic rings. The number of primary amides is 1. The van der Waals surface area contributed by atoms with Crippen molar-refractivity contribution in [1.82, 2.24) is 5.43 Å². The third-order valence-electron chi connectivity index (χ3n) is 1.83. The Balaban J connectivity index is 2.74. The number of nitrogens with one attached hydrogen (secondary N) is 1. The van der Waals surface area contributed by atoms with Crippen LogP contribution < -0.4 is 11.2 Å². The Hall–Kier alpha value is -2.37. The molecule has 0 aliphatic heterocycles. The van der Waals surface area contributed by atoms with Gasteiger partial charge < -0.3 is 10.8 Å². The van der Waals surface area contributed by atoms with Crippen LogP contribution in [0.25, 0.3) is 0 Å². The fraction of sp³-hybridized carbons (Fsp3) is 0.100. The number of carbonyl (C=O) groups is 2. The molecule has 0 aromatic heterocycles.